The second-order valence-electron chi connectivity index (χ2n) is 11.0. The van der Waals surface area contributed by atoms with Crippen LogP contribution in [0.2, 0.25) is 6.04 Å². The van der Waals surface area contributed by atoms with Gasteiger partial charge in [0.05, 0.1) is 34.2 Å². The highest BCUT2D eigenvalue weighted by Crippen LogP contribution is 2.21. The molecule has 2 rings (SSSR count). The Bertz CT molecular complexity index is 814. The topological polar surface area (TPSA) is 47.9 Å². The largest absolute Gasteiger partial charge is 0.477 e. The average molecular weight is 524 g/mol. The fourth-order valence-corrected chi connectivity index (χ4v) is 6.07. The van der Waals surface area contributed by atoms with Crippen LogP contribution in [0.5, 0.6) is 5.88 Å². The van der Waals surface area contributed by atoms with Crippen molar-refractivity contribution in [2.45, 2.75) is 130 Å². The quantitative estimate of drug-likeness (QED) is 0.114. The second-order valence-corrected chi connectivity index (χ2v) is 12.4. The van der Waals surface area contributed by atoms with E-state index in [0.717, 1.165) is 39.2 Å². The maximum Gasteiger partial charge on any atom is 0.232 e. The monoisotopic (exact) mass is 523 g/mol. The van der Waals surface area contributed by atoms with E-state index in [1.807, 2.05) is 18.5 Å². The molecule has 2 aromatic rings. The molecule has 2 heterocycles. The highest BCUT2D eigenvalue weighted by atomic mass is 28.2. The summed E-state index contributed by atoms with van der Waals surface area (Å²) in [4.78, 5) is 13.8. The Labute approximate surface area is 230 Å². The van der Waals surface area contributed by atoms with Gasteiger partial charge < -0.3 is 4.74 Å². The first-order valence-electron chi connectivity index (χ1n) is 15.3. The van der Waals surface area contributed by atoms with E-state index in [1.165, 1.54) is 101 Å². The zero-order valence-corrected chi connectivity index (χ0v) is 25.3. The summed E-state index contributed by atoms with van der Waals surface area (Å²) in [7, 11) is 0.762. The lowest BCUT2D eigenvalue weighted by Gasteiger charge is -2.14. The molecule has 2 aromatic heterocycles. The number of unbranched alkanes of at least 4 members (excludes halogenated alkanes) is 7. The van der Waals surface area contributed by atoms with Gasteiger partial charge in [-0.25, -0.2) is 9.97 Å². The molecule has 2 unspecified atom stereocenters. The number of ether oxygens (including phenoxy) is 1. The Morgan fingerprint density at radius 2 is 1.41 bits per heavy atom. The Morgan fingerprint density at radius 1 is 0.730 bits per heavy atom. The summed E-state index contributed by atoms with van der Waals surface area (Å²) in [6.07, 6.45) is 25.3. The van der Waals surface area contributed by atoms with Crippen LogP contribution in [0.3, 0.4) is 0 Å². The van der Waals surface area contributed by atoms with Crippen LogP contribution in [-0.2, 0) is 0 Å². The zero-order valence-electron chi connectivity index (χ0n) is 24.3. The van der Waals surface area contributed by atoms with Crippen molar-refractivity contribution in [3.05, 3.63) is 30.7 Å². The fraction of sp³-hybridized carbons (Fsp3) is 0.719. The van der Waals surface area contributed by atoms with Crippen molar-refractivity contribution in [1.82, 2.24) is 15.0 Å². The van der Waals surface area contributed by atoms with Crippen molar-refractivity contribution in [3.8, 4) is 17.3 Å². The van der Waals surface area contributed by atoms with Crippen LogP contribution in [-0.4, -0.2) is 31.1 Å². The summed E-state index contributed by atoms with van der Waals surface area (Å²) in [6, 6.07) is 5.47. The number of aromatic nitrogens is 3. The van der Waals surface area contributed by atoms with Crippen LogP contribution in [0.1, 0.15) is 124 Å². The number of rotatable bonds is 22. The van der Waals surface area contributed by atoms with Gasteiger partial charge in [0.1, 0.15) is 5.69 Å². The average Bonchev–Trinajstić information content (AvgIpc) is 2.91. The molecule has 2 radical (unpaired) electrons. The maximum absolute atomic E-state index is 5.81. The Kier molecular flexibility index (Phi) is 17.2. The van der Waals surface area contributed by atoms with Crippen LogP contribution in [0, 0.1) is 11.8 Å². The molecule has 37 heavy (non-hydrogen) atoms. The third-order valence-corrected chi connectivity index (χ3v) is 8.70. The van der Waals surface area contributed by atoms with Crippen LogP contribution >= 0.6 is 0 Å². The van der Waals surface area contributed by atoms with E-state index in [1.54, 1.807) is 6.20 Å². The molecular weight excluding hydrogens is 470 g/mol. The number of hydrogen-bond donors (Lipinski definition) is 0. The van der Waals surface area contributed by atoms with Crippen LogP contribution in [0.15, 0.2) is 30.7 Å². The summed E-state index contributed by atoms with van der Waals surface area (Å²) in [5, 5.41) is 1.30. The SMILES string of the molecule is CCCCCCCCOc1cnc(-c2ncccc2[Si]CCCC(C)CCCC(C)CCCCC)cn1. The summed E-state index contributed by atoms with van der Waals surface area (Å²) in [6.45, 7) is 10.1. The lowest BCUT2D eigenvalue weighted by Crippen LogP contribution is -2.18. The Hall–Kier alpha value is -1.75. The van der Waals surface area contributed by atoms with Crippen molar-refractivity contribution in [2.75, 3.05) is 6.61 Å². The van der Waals surface area contributed by atoms with Gasteiger partial charge in [0.15, 0.2) is 0 Å². The Morgan fingerprint density at radius 3 is 2.14 bits per heavy atom. The van der Waals surface area contributed by atoms with Gasteiger partial charge in [0.25, 0.3) is 0 Å². The minimum Gasteiger partial charge on any atom is -0.477 e. The molecule has 5 heteroatoms. The molecule has 0 amide bonds. The number of nitrogens with zero attached hydrogens (tertiary/aromatic N) is 3. The predicted molar refractivity (Wildman–Crippen MR) is 160 cm³/mol. The van der Waals surface area contributed by atoms with Crippen molar-refractivity contribution in [3.63, 3.8) is 0 Å². The van der Waals surface area contributed by atoms with Crippen molar-refractivity contribution in [2.24, 2.45) is 11.8 Å². The van der Waals surface area contributed by atoms with Gasteiger partial charge in [-0.05, 0) is 29.5 Å². The normalized spacial score (nSPS) is 13.0. The minimum absolute atomic E-state index is 0.613. The first-order chi connectivity index (χ1) is 18.1. The molecule has 0 aliphatic rings. The van der Waals surface area contributed by atoms with Crippen LogP contribution < -0.4 is 9.92 Å². The molecule has 0 aliphatic heterocycles. The van der Waals surface area contributed by atoms with Gasteiger partial charge in [-0.3, -0.25) is 4.98 Å². The summed E-state index contributed by atoms with van der Waals surface area (Å²) < 4.78 is 5.81. The molecular formula is C32H53N3OSi. The summed E-state index contributed by atoms with van der Waals surface area (Å²) >= 11 is 0. The molecule has 0 bridgehead atoms. The van der Waals surface area contributed by atoms with Crippen molar-refractivity contribution in [1.29, 1.82) is 0 Å². The molecule has 0 aliphatic carbocycles. The van der Waals surface area contributed by atoms with Crippen LogP contribution in [0.4, 0.5) is 0 Å². The van der Waals surface area contributed by atoms with E-state index < -0.39 is 0 Å². The standard InChI is InChI=1S/C32H53N3OSi/c1-5-7-9-10-11-13-23-36-31-26-34-29(25-35-31)32-30(21-15-22-33-32)37-24-16-20-28(4)19-14-18-27(3)17-12-8-6-2/h15,21-22,25-28H,5-14,16-20,23-24H2,1-4H3. The van der Waals surface area contributed by atoms with E-state index in [9.17, 15) is 0 Å². The van der Waals surface area contributed by atoms with Gasteiger partial charge >= 0.3 is 0 Å². The van der Waals surface area contributed by atoms with Crippen LogP contribution in [0.25, 0.3) is 11.4 Å². The lowest BCUT2D eigenvalue weighted by molar-refractivity contribution is 0.292. The number of hydrogen-bond acceptors (Lipinski definition) is 4. The molecule has 4 nitrogen and oxygen atoms in total. The third kappa shape index (κ3) is 14.1. The third-order valence-electron chi connectivity index (χ3n) is 7.31. The first kappa shape index (κ1) is 31.5. The van der Waals surface area contributed by atoms with Gasteiger partial charge in [-0.2, -0.15) is 0 Å². The van der Waals surface area contributed by atoms with Gasteiger partial charge in [0.2, 0.25) is 5.88 Å². The molecule has 0 fully saturated rings. The maximum atomic E-state index is 5.81. The molecule has 0 saturated carbocycles. The Balaban J connectivity index is 1.68. The van der Waals surface area contributed by atoms with Crippen molar-refractivity contribution < 1.29 is 4.74 Å². The van der Waals surface area contributed by atoms with Crippen molar-refractivity contribution >= 4 is 14.7 Å². The van der Waals surface area contributed by atoms with Gasteiger partial charge in [-0.1, -0.05) is 130 Å². The van der Waals surface area contributed by atoms with E-state index in [4.69, 9.17) is 4.74 Å². The lowest BCUT2D eigenvalue weighted by atomic mass is 9.93. The fourth-order valence-electron chi connectivity index (χ4n) is 4.84. The van der Waals surface area contributed by atoms with E-state index in [0.29, 0.717) is 12.5 Å². The summed E-state index contributed by atoms with van der Waals surface area (Å²) in [5.74, 6) is 2.34. The smallest absolute Gasteiger partial charge is 0.232 e. The number of pyridine rings is 1. The second kappa shape index (κ2) is 20.2. The molecule has 0 N–H and O–H groups in total. The molecule has 0 saturated heterocycles. The van der Waals surface area contributed by atoms with E-state index in [-0.39, 0.29) is 0 Å². The summed E-state index contributed by atoms with van der Waals surface area (Å²) in [5.41, 5.74) is 1.82. The highest BCUT2D eigenvalue weighted by Gasteiger charge is 2.11. The van der Waals surface area contributed by atoms with E-state index >= 15 is 0 Å². The van der Waals surface area contributed by atoms with Gasteiger partial charge in [-0.15, -0.1) is 0 Å². The minimum atomic E-state index is 0.613. The first-order valence-corrected chi connectivity index (χ1v) is 16.5. The molecule has 206 valence electrons. The molecule has 0 aromatic carbocycles. The van der Waals surface area contributed by atoms with E-state index in [2.05, 4.69) is 48.7 Å². The molecule has 0 spiro atoms. The highest BCUT2D eigenvalue weighted by molar-refractivity contribution is 6.55. The van der Waals surface area contributed by atoms with Gasteiger partial charge in [0, 0.05) is 6.20 Å². The zero-order chi connectivity index (χ0) is 26.6. The predicted octanol–water partition coefficient (Wildman–Crippen LogP) is 8.83. The molecule has 2 atom stereocenters.